The van der Waals surface area contributed by atoms with E-state index in [2.05, 4.69) is 6.92 Å². The monoisotopic (exact) mass is 192 g/mol. The molecule has 0 aliphatic carbocycles. The fraction of sp³-hybridized carbons (Fsp3) is 0.364. The van der Waals surface area contributed by atoms with Gasteiger partial charge >= 0.3 is 5.97 Å². The number of benzene rings is 1. The lowest BCUT2D eigenvalue weighted by Crippen LogP contribution is -2.05. The summed E-state index contributed by atoms with van der Waals surface area (Å²) in [6.07, 6.45) is 1.24. The number of carbonyl (C=O) groups excluding carboxylic acids is 1. The molecule has 1 aromatic rings. The number of hydrogen-bond donors (Lipinski definition) is 1. The van der Waals surface area contributed by atoms with E-state index in [4.69, 9.17) is 4.74 Å². The molecule has 1 N–H and O–H groups in total. The highest BCUT2D eigenvalue weighted by atomic mass is 16.5. The average molecular weight is 192 g/mol. The van der Waals surface area contributed by atoms with Gasteiger partial charge in [0.1, 0.15) is 11.5 Å². The summed E-state index contributed by atoms with van der Waals surface area (Å²) >= 11 is 0. The highest BCUT2D eigenvalue weighted by Crippen LogP contribution is 2.35. The number of rotatable bonds is 0. The Morgan fingerprint density at radius 1 is 1.50 bits per heavy atom. The lowest BCUT2D eigenvalue weighted by molar-refractivity contribution is -0.134. The minimum atomic E-state index is -0.221. The van der Waals surface area contributed by atoms with E-state index >= 15 is 0 Å². The van der Waals surface area contributed by atoms with E-state index in [1.165, 1.54) is 6.07 Å². The van der Waals surface area contributed by atoms with Crippen molar-refractivity contribution >= 4 is 5.97 Å². The molecule has 1 atom stereocenters. The maximum atomic E-state index is 11.2. The maximum absolute atomic E-state index is 11.2. The van der Waals surface area contributed by atoms with Gasteiger partial charge in [0, 0.05) is 12.5 Å². The van der Waals surface area contributed by atoms with Crippen molar-refractivity contribution in [1.29, 1.82) is 0 Å². The molecule has 14 heavy (non-hydrogen) atoms. The van der Waals surface area contributed by atoms with Crippen molar-refractivity contribution in [2.45, 2.75) is 25.7 Å². The predicted molar refractivity (Wildman–Crippen MR) is 51.4 cm³/mol. The zero-order chi connectivity index (χ0) is 10.1. The van der Waals surface area contributed by atoms with Crippen LogP contribution in [0.5, 0.6) is 11.5 Å². The largest absolute Gasteiger partial charge is 0.508 e. The van der Waals surface area contributed by atoms with Crippen LogP contribution in [-0.2, 0) is 4.79 Å². The number of ether oxygens (including phenoxy) is 1. The lowest BCUT2D eigenvalue weighted by atomic mass is 9.96. The zero-order valence-electron chi connectivity index (χ0n) is 7.99. The Bertz CT molecular complexity index is 371. The summed E-state index contributed by atoms with van der Waals surface area (Å²) in [7, 11) is 0. The van der Waals surface area contributed by atoms with Gasteiger partial charge in [0.25, 0.3) is 0 Å². The van der Waals surface area contributed by atoms with Gasteiger partial charge in [-0.25, -0.2) is 0 Å². The SMILES string of the molecule is CC1CCC(=O)Oc2cc(O)ccc21. The maximum Gasteiger partial charge on any atom is 0.311 e. The van der Waals surface area contributed by atoms with Crippen LogP contribution in [0.25, 0.3) is 0 Å². The van der Waals surface area contributed by atoms with Crippen LogP contribution < -0.4 is 4.74 Å². The van der Waals surface area contributed by atoms with Gasteiger partial charge in [0.15, 0.2) is 0 Å². The molecule has 1 aromatic carbocycles. The van der Waals surface area contributed by atoms with Crippen molar-refractivity contribution in [1.82, 2.24) is 0 Å². The van der Waals surface area contributed by atoms with Gasteiger partial charge in [0.05, 0.1) is 0 Å². The van der Waals surface area contributed by atoms with Gasteiger partial charge in [-0.05, 0) is 24.0 Å². The van der Waals surface area contributed by atoms with Crippen molar-refractivity contribution in [2.24, 2.45) is 0 Å². The number of carbonyl (C=O) groups is 1. The van der Waals surface area contributed by atoms with Gasteiger partial charge in [-0.1, -0.05) is 13.0 Å². The number of hydrogen-bond acceptors (Lipinski definition) is 3. The van der Waals surface area contributed by atoms with Gasteiger partial charge in [-0.3, -0.25) is 4.79 Å². The van der Waals surface area contributed by atoms with Crippen LogP contribution in [0.15, 0.2) is 18.2 Å². The van der Waals surface area contributed by atoms with E-state index in [0.29, 0.717) is 18.1 Å². The van der Waals surface area contributed by atoms with E-state index in [-0.39, 0.29) is 11.7 Å². The molecule has 1 unspecified atom stereocenters. The third-order valence-corrected chi connectivity index (χ3v) is 2.53. The molecule has 3 nitrogen and oxygen atoms in total. The van der Waals surface area contributed by atoms with Gasteiger partial charge < -0.3 is 9.84 Å². The summed E-state index contributed by atoms with van der Waals surface area (Å²) in [4.78, 5) is 11.2. The molecule has 1 aliphatic heterocycles. The molecule has 0 fully saturated rings. The third kappa shape index (κ3) is 1.58. The smallest absolute Gasteiger partial charge is 0.311 e. The van der Waals surface area contributed by atoms with Crippen LogP contribution in [0.3, 0.4) is 0 Å². The Kier molecular flexibility index (Phi) is 2.15. The Morgan fingerprint density at radius 2 is 2.29 bits per heavy atom. The Hall–Kier alpha value is -1.51. The Balaban J connectivity index is 2.46. The van der Waals surface area contributed by atoms with Crippen LogP contribution in [0.1, 0.15) is 31.2 Å². The van der Waals surface area contributed by atoms with Crippen molar-refractivity contribution in [3.05, 3.63) is 23.8 Å². The van der Waals surface area contributed by atoms with E-state index in [1.54, 1.807) is 6.07 Å². The number of phenols is 1. The predicted octanol–water partition coefficient (Wildman–Crippen LogP) is 2.19. The van der Waals surface area contributed by atoms with Crippen molar-refractivity contribution in [3.63, 3.8) is 0 Å². The summed E-state index contributed by atoms with van der Waals surface area (Å²) in [5.41, 5.74) is 0.994. The van der Waals surface area contributed by atoms with Crippen LogP contribution in [0.2, 0.25) is 0 Å². The summed E-state index contributed by atoms with van der Waals surface area (Å²) < 4.78 is 5.11. The summed E-state index contributed by atoms with van der Waals surface area (Å²) in [5.74, 6) is 0.712. The number of phenolic OH excluding ortho intramolecular Hbond substituents is 1. The summed E-state index contributed by atoms with van der Waals surface area (Å²) in [6, 6.07) is 4.93. The first-order valence-corrected chi connectivity index (χ1v) is 4.70. The highest BCUT2D eigenvalue weighted by molar-refractivity contribution is 5.74. The lowest BCUT2D eigenvalue weighted by Gasteiger charge is -2.10. The second kappa shape index (κ2) is 3.33. The minimum absolute atomic E-state index is 0.130. The minimum Gasteiger partial charge on any atom is -0.508 e. The standard InChI is InChI=1S/C11H12O3/c1-7-2-5-11(13)14-10-6-8(12)3-4-9(7)10/h3-4,6-7,12H,2,5H2,1H3. The second-order valence-corrected chi connectivity index (χ2v) is 3.64. The van der Waals surface area contributed by atoms with E-state index in [1.807, 2.05) is 6.07 Å². The molecule has 0 saturated heterocycles. The van der Waals surface area contributed by atoms with Gasteiger partial charge in [-0.2, -0.15) is 0 Å². The highest BCUT2D eigenvalue weighted by Gasteiger charge is 2.20. The van der Waals surface area contributed by atoms with Crippen LogP contribution in [-0.4, -0.2) is 11.1 Å². The molecule has 0 aromatic heterocycles. The first kappa shape index (κ1) is 9.06. The normalized spacial score (nSPS) is 20.9. The van der Waals surface area contributed by atoms with Crippen LogP contribution in [0, 0.1) is 0 Å². The topological polar surface area (TPSA) is 46.5 Å². The quantitative estimate of drug-likeness (QED) is 0.506. The molecule has 74 valence electrons. The molecule has 3 heteroatoms. The molecule has 0 spiro atoms. The first-order valence-electron chi connectivity index (χ1n) is 4.70. The van der Waals surface area contributed by atoms with Gasteiger partial charge in [-0.15, -0.1) is 0 Å². The molecule has 0 bridgehead atoms. The second-order valence-electron chi connectivity index (χ2n) is 3.64. The first-order chi connectivity index (χ1) is 6.66. The molecule has 0 amide bonds. The number of aromatic hydroxyl groups is 1. The Morgan fingerprint density at radius 3 is 3.07 bits per heavy atom. The summed E-state index contributed by atoms with van der Waals surface area (Å²) in [5, 5.41) is 9.26. The average Bonchev–Trinajstić information content (AvgIpc) is 2.26. The number of esters is 1. The molecule has 2 rings (SSSR count). The van der Waals surface area contributed by atoms with E-state index in [0.717, 1.165) is 12.0 Å². The van der Waals surface area contributed by atoms with Crippen LogP contribution >= 0.6 is 0 Å². The third-order valence-electron chi connectivity index (χ3n) is 2.53. The fourth-order valence-electron chi connectivity index (χ4n) is 1.68. The van der Waals surface area contributed by atoms with E-state index < -0.39 is 0 Å². The van der Waals surface area contributed by atoms with E-state index in [9.17, 15) is 9.90 Å². The fourth-order valence-corrected chi connectivity index (χ4v) is 1.68. The molecule has 0 radical (unpaired) electrons. The number of fused-ring (bicyclic) bond motifs is 1. The zero-order valence-corrected chi connectivity index (χ0v) is 7.99. The van der Waals surface area contributed by atoms with Crippen LogP contribution in [0.4, 0.5) is 0 Å². The molecular weight excluding hydrogens is 180 g/mol. The molecule has 0 saturated carbocycles. The summed E-state index contributed by atoms with van der Waals surface area (Å²) in [6.45, 7) is 2.05. The van der Waals surface area contributed by atoms with Crippen molar-refractivity contribution < 1.29 is 14.6 Å². The molecule has 1 heterocycles. The Labute approximate surface area is 82.3 Å². The molecular formula is C11H12O3. The molecule has 1 aliphatic rings. The van der Waals surface area contributed by atoms with Gasteiger partial charge in [0.2, 0.25) is 0 Å². The van der Waals surface area contributed by atoms with Crippen molar-refractivity contribution in [2.75, 3.05) is 0 Å². The van der Waals surface area contributed by atoms with Crippen molar-refractivity contribution in [3.8, 4) is 11.5 Å².